The maximum absolute atomic E-state index is 13.2. The summed E-state index contributed by atoms with van der Waals surface area (Å²) >= 11 is 1.63. The lowest BCUT2D eigenvalue weighted by Gasteiger charge is -2.33. The van der Waals surface area contributed by atoms with Gasteiger partial charge in [0.05, 0.1) is 5.69 Å². The number of carbonyl (C=O) groups is 1. The van der Waals surface area contributed by atoms with Gasteiger partial charge < -0.3 is 4.90 Å². The highest BCUT2D eigenvalue weighted by molar-refractivity contribution is 7.98. The first-order valence-corrected chi connectivity index (χ1v) is 11.2. The number of ketones is 1. The fourth-order valence-corrected chi connectivity index (χ4v) is 4.33. The van der Waals surface area contributed by atoms with E-state index >= 15 is 0 Å². The minimum absolute atomic E-state index is 0.114. The Hall–Kier alpha value is -2.93. The standard InChI is InChI=1S/C23H24N4O2S/c1-26-21(28)14-20(16-8-10-24-11-9-16)25-23(26)27-12-4-6-18(15-27)22(29)17-5-3-7-19(13-17)30-2/h3,5,7-11,13-14,18H,4,6,12,15H2,1-2H3. The predicted octanol–water partition coefficient (Wildman–Crippen LogP) is 3.66. The van der Waals surface area contributed by atoms with Crippen LogP contribution >= 0.6 is 11.8 Å². The van der Waals surface area contributed by atoms with Crippen molar-refractivity contribution in [2.45, 2.75) is 17.7 Å². The van der Waals surface area contributed by atoms with Crippen LogP contribution in [0.1, 0.15) is 23.2 Å². The molecule has 154 valence electrons. The number of benzene rings is 1. The van der Waals surface area contributed by atoms with Gasteiger partial charge in [-0.1, -0.05) is 12.1 Å². The molecule has 1 aliphatic rings. The second kappa shape index (κ2) is 8.83. The molecule has 1 atom stereocenters. The van der Waals surface area contributed by atoms with Crippen molar-refractivity contribution < 1.29 is 4.79 Å². The van der Waals surface area contributed by atoms with Crippen molar-refractivity contribution in [2.75, 3.05) is 24.2 Å². The van der Waals surface area contributed by atoms with Gasteiger partial charge >= 0.3 is 0 Å². The minimum atomic E-state index is -0.118. The Morgan fingerprint density at radius 2 is 1.97 bits per heavy atom. The van der Waals surface area contributed by atoms with Gasteiger partial charge in [-0.3, -0.25) is 19.1 Å². The molecule has 30 heavy (non-hydrogen) atoms. The molecule has 0 N–H and O–H groups in total. The monoisotopic (exact) mass is 420 g/mol. The lowest BCUT2D eigenvalue weighted by atomic mass is 9.90. The average Bonchev–Trinajstić information content (AvgIpc) is 2.81. The highest BCUT2D eigenvalue weighted by Crippen LogP contribution is 2.26. The molecule has 0 bridgehead atoms. The summed E-state index contributed by atoms with van der Waals surface area (Å²) in [6, 6.07) is 13.0. The Bertz CT molecular complexity index is 1110. The van der Waals surface area contributed by atoms with E-state index in [9.17, 15) is 9.59 Å². The Labute approximate surface area is 180 Å². The summed E-state index contributed by atoms with van der Waals surface area (Å²) in [5, 5.41) is 0. The summed E-state index contributed by atoms with van der Waals surface area (Å²) < 4.78 is 1.56. The van der Waals surface area contributed by atoms with Crippen LogP contribution in [0.3, 0.4) is 0 Å². The molecule has 0 radical (unpaired) electrons. The molecule has 7 heteroatoms. The third-order valence-corrected chi connectivity index (χ3v) is 6.24. The molecular formula is C23H24N4O2S. The van der Waals surface area contributed by atoms with Crippen molar-refractivity contribution in [3.63, 3.8) is 0 Å². The van der Waals surface area contributed by atoms with Crippen LogP contribution in [0.4, 0.5) is 5.95 Å². The Morgan fingerprint density at radius 3 is 2.73 bits per heavy atom. The number of nitrogens with zero attached hydrogens (tertiary/aromatic N) is 4. The van der Waals surface area contributed by atoms with Gasteiger partial charge in [0.15, 0.2) is 5.78 Å². The Morgan fingerprint density at radius 1 is 1.17 bits per heavy atom. The number of carbonyl (C=O) groups excluding carboxylic acids is 1. The largest absolute Gasteiger partial charge is 0.341 e. The van der Waals surface area contributed by atoms with Gasteiger partial charge in [0.2, 0.25) is 5.95 Å². The fourth-order valence-electron chi connectivity index (χ4n) is 3.87. The first kappa shape index (κ1) is 20.3. The molecule has 0 saturated carbocycles. The van der Waals surface area contributed by atoms with E-state index < -0.39 is 0 Å². The summed E-state index contributed by atoms with van der Waals surface area (Å²) in [6.45, 7) is 1.33. The predicted molar refractivity (Wildman–Crippen MR) is 120 cm³/mol. The van der Waals surface area contributed by atoms with E-state index in [0.29, 0.717) is 18.2 Å². The van der Waals surface area contributed by atoms with E-state index in [1.165, 1.54) is 0 Å². The first-order valence-electron chi connectivity index (χ1n) is 9.98. The number of aromatic nitrogens is 3. The highest BCUT2D eigenvalue weighted by atomic mass is 32.2. The molecule has 0 spiro atoms. The summed E-state index contributed by atoms with van der Waals surface area (Å²) in [5.41, 5.74) is 2.10. The SMILES string of the molecule is CSc1cccc(C(=O)C2CCCN(c3nc(-c4ccncc4)cc(=O)n3C)C2)c1. The number of thioether (sulfide) groups is 1. The number of anilines is 1. The molecular weight excluding hydrogens is 396 g/mol. The third-order valence-electron chi connectivity index (χ3n) is 5.52. The molecule has 1 fully saturated rings. The van der Waals surface area contributed by atoms with Crippen molar-refractivity contribution in [3.8, 4) is 11.3 Å². The molecule has 0 amide bonds. The summed E-state index contributed by atoms with van der Waals surface area (Å²) in [6.07, 6.45) is 7.11. The second-order valence-electron chi connectivity index (χ2n) is 7.46. The Balaban J connectivity index is 1.62. The van der Waals surface area contributed by atoms with Crippen LogP contribution in [0.15, 0.2) is 64.5 Å². The van der Waals surface area contributed by atoms with Gasteiger partial charge in [-0.15, -0.1) is 11.8 Å². The van der Waals surface area contributed by atoms with Crippen LogP contribution < -0.4 is 10.5 Å². The van der Waals surface area contributed by atoms with Gasteiger partial charge in [-0.2, -0.15) is 0 Å². The van der Waals surface area contributed by atoms with Gasteiger partial charge in [0, 0.05) is 60.5 Å². The highest BCUT2D eigenvalue weighted by Gasteiger charge is 2.28. The van der Waals surface area contributed by atoms with E-state index in [1.807, 2.05) is 42.7 Å². The smallest absolute Gasteiger partial charge is 0.255 e. The lowest BCUT2D eigenvalue weighted by molar-refractivity contribution is 0.0906. The lowest BCUT2D eigenvalue weighted by Crippen LogP contribution is -2.41. The van der Waals surface area contributed by atoms with E-state index in [-0.39, 0.29) is 17.3 Å². The summed E-state index contributed by atoms with van der Waals surface area (Å²) in [7, 11) is 1.73. The first-order chi connectivity index (χ1) is 14.6. The van der Waals surface area contributed by atoms with Crippen LogP contribution in [0, 0.1) is 5.92 Å². The number of Topliss-reactive ketones (excluding diaryl/α,β-unsaturated/α-hetero) is 1. The van der Waals surface area contributed by atoms with Gasteiger partial charge in [-0.25, -0.2) is 4.98 Å². The minimum Gasteiger partial charge on any atom is -0.341 e. The molecule has 1 aliphatic heterocycles. The van der Waals surface area contributed by atoms with E-state index in [2.05, 4.69) is 9.88 Å². The summed E-state index contributed by atoms with van der Waals surface area (Å²) in [4.78, 5) is 37.7. The number of piperidine rings is 1. The summed E-state index contributed by atoms with van der Waals surface area (Å²) in [5.74, 6) is 0.646. The number of pyridine rings is 1. The number of rotatable bonds is 5. The van der Waals surface area contributed by atoms with E-state index in [4.69, 9.17) is 4.98 Å². The second-order valence-corrected chi connectivity index (χ2v) is 8.34. The zero-order valence-corrected chi connectivity index (χ0v) is 17.9. The molecule has 3 aromatic rings. The number of hydrogen-bond acceptors (Lipinski definition) is 6. The maximum atomic E-state index is 13.2. The molecule has 0 aliphatic carbocycles. The van der Waals surface area contributed by atoms with Crippen LogP contribution in [-0.4, -0.2) is 39.7 Å². The molecule has 3 heterocycles. The third kappa shape index (κ3) is 4.16. The van der Waals surface area contributed by atoms with Crippen molar-refractivity contribution >= 4 is 23.5 Å². The topological polar surface area (TPSA) is 68.1 Å². The molecule has 4 rings (SSSR count). The van der Waals surface area contributed by atoms with Crippen molar-refractivity contribution in [3.05, 3.63) is 70.8 Å². The molecule has 2 aromatic heterocycles. The van der Waals surface area contributed by atoms with Gasteiger partial charge in [-0.05, 0) is 43.4 Å². The zero-order chi connectivity index (χ0) is 21.1. The fraction of sp³-hybridized carbons (Fsp3) is 0.304. The van der Waals surface area contributed by atoms with Crippen LogP contribution in [0.5, 0.6) is 0 Å². The van der Waals surface area contributed by atoms with Crippen LogP contribution in [0.2, 0.25) is 0 Å². The quantitative estimate of drug-likeness (QED) is 0.463. The van der Waals surface area contributed by atoms with Crippen molar-refractivity contribution in [1.82, 2.24) is 14.5 Å². The van der Waals surface area contributed by atoms with E-state index in [1.54, 1.807) is 41.8 Å². The zero-order valence-electron chi connectivity index (χ0n) is 17.1. The Kier molecular flexibility index (Phi) is 5.99. The molecule has 1 saturated heterocycles. The normalized spacial score (nSPS) is 16.5. The number of hydrogen-bond donors (Lipinski definition) is 0. The van der Waals surface area contributed by atoms with Crippen LogP contribution in [0.25, 0.3) is 11.3 Å². The van der Waals surface area contributed by atoms with E-state index in [0.717, 1.165) is 35.4 Å². The van der Waals surface area contributed by atoms with Crippen LogP contribution in [-0.2, 0) is 7.05 Å². The van der Waals surface area contributed by atoms with Crippen molar-refractivity contribution in [1.29, 1.82) is 0 Å². The van der Waals surface area contributed by atoms with Crippen molar-refractivity contribution in [2.24, 2.45) is 13.0 Å². The average molecular weight is 421 g/mol. The van der Waals surface area contributed by atoms with Gasteiger partial charge in [0.25, 0.3) is 5.56 Å². The molecule has 1 unspecified atom stereocenters. The maximum Gasteiger partial charge on any atom is 0.255 e. The molecule has 1 aromatic carbocycles. The van der Waals surface area contributed by atoms with Gasteiger partial charge in [0.1, 0.15) is 0 Å². The molecule has 6 nitrogen and oxygen atoms in total.